The van der Waals surface area contributed by atoms with Gasteiger partial charge in [-0.15, -0.1) is 0 Å². The Bertz CT molecular complexity index is 1130. The molecule has 0 atom stereocenters. The topological polar surface area (TPSA) is 78.9 Å². The third-order valence-electron chi connectivity index (χ3n) is 4.17. The van der Waals surface area contributed by atoms with Gasteiger partial charge in [0, 0.05) is 11.6 Å². The maximum atomic E-state index is 14.1. The average molecular weight is 383 g/mol. The molecule has 0 N–H and O–H groups in total. The maximum Gasteiger partial charge on any atom is 0.254 e. The Morgan fingerprint density at radius 3 is 2.64 bits per heavy atom. The smallest absolute Gasteiger partial charge is 0.254 e. The quantitative estimate of drug-likeness (QED) is 0.524. The second-order valence-corrected chi connectivity index (χ2v) is 6.00. The SMILES string of the molecule is COc1nc(-c2cc(-c3ccon3)n(Cc3ccccc3F)n2)nc(C)c1F. The van der Waals surface area contributed by atoms with Crippen LogP contribution in [0.5, 0.6) is 5.88 Å². The van der Waals surface area contributed by atoms with E-state index in [1.807, 2.05) is 0 Å². The van der Waals surface area contributed by atoms with Crippen LogP contribution in [0.4, 0.5) is 8.78 Å². The van der Waals surface area contributed by atoms with E-state index in [1.54, 1.807) is 35.0 Å². The highest BCUT2D eigenvalue weighted by molar-refractivity contribution is 5.62. The van der Waals surface area contributed by atoms with E-state index in [2.05, 4.69) is 20.2 Å². The molecule has 3 aromatic heterocycles. The van der Waals surface area contributed by atoms with E-state index in [9.17, 15) is 8.78 Å². The van der Waals surface area contributed by atoms with Crippen molar-refractivity contribution in [3.8, 4) is 28.8 Å². The first-order valence-electron chi connectivity index (χ1n) is 8.37. The molecular weight excluding hydrogens is 368 g/mol. The van der Waals surface area contributed by atoms with Gasteiger partial charge in [-0.2, -0.15) is 14.5 Å². The molecule has 0 radical (unpaired) electrons. The van der Waals surface area contributed by atoms with Crippen molar-refractivity contribution in [3.63, 3.8) is 0 Å². The maximum absolute atomic E-state index is 14.1. The van der Waals surface area contributed by atoms with E-state index in [-0.39, 0.29) is 29.8 Å². The highest BCUT2D eigenvalue weighted by Gasteiger charge is 2.19. The molecule has 0 saturated carbocycles. The minimum atomic E-state index is -0.631. The molecule has 3 heterocycles. The molecule has 0 saturated heterocycles. The number of nitrogens with zero attached hydrogens (tertiary/aromatic N) is 5. The van der Waals surface area contributed by atoms with Crippen molar-refractivity contribution in [3.05, 3.63) is 65.6 Å². The van der Waals surface area contributed by atoms with Crippen LogP contribution in [0.1, 0.15) is 11.3 Å². The zero-order valence-electron chi connectivity index (χ0n) is 15.1. The first-order chi connectivity index (χ1) is 13.6. The second-order valence-electron chi connectivity index (χ2n) is 6.00. The Morgan fingerprint density at radius 1 is 1.11 bits per heavy atom. The van der Waals surface area contributed by atoms with Crippen LogP contribution in [0.2, 0.25) is 0 Å². The van der Waals surface area contributed by atoms with Crippen molar-refractivity contribution in [2.45, 2.75) is 13.5 Å². The minimum absolute atomic E-state index is 0.133. The van der Waals surface area contributed by atoms with Gasteiger partial charge in [0.15, 0.2) is 5.82 Å². The average Bonchev–Trinajstić information content (AvgIpc) is 3.35. The number of aromatic nitrogens is 5. The molecule has 0 spiro atoms. The first-order valence-corrected chi connectivity index (χ1v) is 8.37. The zero-order valence-corrected chi connectivity index (χ0v) is 15.1. The van der Waals surface area contributed by atoms with Gasteiger partial charge in [-0.05, 0) is 19.1 Å². The number of aryl methyl sites for hydroxylation is 1. The molecule has 4 rings (SSSR count). The summed E-state index contributed by atoms with van der Waals surface area (Å²) in [5, 5.41) is 8.41. The molecular formula is C19H15F2N5O2. The summed E-state index contributed by atoms with van der Waals surface area (Å²) in [6, 6.07) is 9.77. The Hall–Kier alpha value is -3.62. The molecule has 0 aliphatic rings. The van der Waals surface area contributed by atoms with Crippen LogP contribution in [0.25, 0.3) is 22.9 Å². The number of hydrogen-bond acceptors (Lipinski definition) is 6. The molecule has 0 bridgehead atoms. The van der Waals surface area contributed by atoms with Gasteiger partial charge in [-0.25, -0.2) is 9.37 Å². The lowest BCUT2D eigenvalue weighted by Gasteiger charge is -2.07. The van der Waals surface area contributed by atoms with Gasteiger partial charge in [-0.3, -0.25) is 4.68 Å². The highest BCUT2D eigenvalue weighted by Crippen LogP contribution is 2.27. The number of benzene rings is 1. The Labute approximate surface area is 158 Å². The van der Waals surface area contributed by atoms with Gasteiger partial charge < -0.3 is 9.26 Å². The van der Waals surface area contributed by atoms with Crippen LogP contribution in [-0.2, 0) is 6.54 Å². The molecule has 0 aliphatic heterocycles. The van der Waals surface area contributed by atoms with Crippen LogP contribution in [0, 0.1) is 18.6 Å². The number of halogens is 2. The van der Waals surface area contributed by atoms with Crippen LogP contribution in [-0.4, -0.2) is 32.0 Å². The molecule has 0 unspecified atom stereocenters. The van der Waals surface area contributed by atoms with E-state index in [1.165, 1.54) is 26.4 Å². The lowest BCUT2D eigenvalue weighted by molar-refractivity contribution is 0.366. The molecule has 0 fully saturated rings. The molecule has 28 heavy (non-hydrogen) atoms. The third kappa shape index (κ3) is 3.22. The predicted molar refractivity (Wildman–Crippen MR) is 95.5 cm³/mol. The number of methoxy groups -OCH3 is 1. The Morgan fingerprint density at radius 2 is 1.93 bits per heavy atom. The highest BCUT2D eigenvalue weighted by atomic mass is 19.1. The predicted octanol–water partition coefficient (Wildman–Crippen LogP) is 3.64. The van der Waals surface area contributed by atoms with Crippen LogP contribution < -0.4 is 4.74 Å². The van der Waals surface area contributed by atoms with Crippen molar-refractivity contribution in [2.75, 3.05) is 7.11 Å². The van der Waals surface area contributed by atoms with Crippen LogP contribution >= 0.6 is 0 Å². The number of hydrogen-bond donors (Lipinski definition) is 0. The summed E-state index contributed by atoms with van der Waals surface area (Å²) in [4.78, 5) is 8.23. The standard InChI is InChI=1S/C19H15F2N5O2/c1-11-17(21)19(27-2)23-18(22-11)15-9-16(14-7-8-28-25-14)26(24-15)10-12-5-3-4-6-13(12)20/h3-9H,10H2,1-2H3. The van der Waals surface area contributed by atoms with E-state index < -0.39 is 5.82 Å². The summed E-state index contributed by atoms with van der Waals surface area (Å²) >= 11 is 0. The first kappa shape index (κ1) is 17.8. The summed E-state index contributed by atoms with van der Waals surface area (Å²) in [5.74, 6) is -0.961. The third-order valence-corrected chi connectivity index (χ3v) is 4.17. The fourth-order valence-corrected chi connectivity index (χ4v) is 2.77. The van der Waals surface area contributed by atoms with Crippen molar-refractivity contribution in [1.29, 1.82) is 0 Å². The molecule has 0 amide bonds. The molecule has 0 aliphatic carbocycles. The monoisotopic (exact) mass is 383 g/mol. The van der Waals surface area contributed by atoms with Gasteiger partial charge in [0.25, 0.3) is 5.88 Å². The summed E-state index contributed by atoms with van der Waals surface area (Å²) < 4.78 is 39.6. The molecule has 9 heteroatoms. The van der Waals surface area contributed by atoms with Crippen molar-refractivity contribution < 1.29 is 18.0 Å². The Kier molecular flexibility index (Phi) is 4.56. The van der Waals surface area contributed by atoms with Gasteiger partial charge in [0.05, 0.1) is 25.0 Å². The molecule has 4 aromatic rings. The summed E-state index contributed by atoms with van der Waals surface area (Å²) in [6.45, 7) is 1.67. The fraction of sp³-hybridized carbons (Fsp3) is 0.158. The molecule has 1 aromatic carbocycles. The lowest BCUT2D eigenvalue weighted by atomic mass is 10.2. The van der Waals surface area contributed by atoms with E-state index in [0.29, 0.717) is 22.6 Å². The van der Waals surface area contributed by atoms with E-state index >= 15 is 0 Å². The van der Waals surface area contributed by atoms with Crippen LogP contribution in [0.15, 0.2) is 47.2 Å². The van der Waals surface area contributed by atoms with Crippen molar-refractivity contribution in [1.82, 2.24) is 24.9 Å². The normalized spacial score (nSPS) is 11.0. The largest absolute Gasteiger partial charge is 0.479 e. The Balaban J connectivity index is 1.82. The fourth-order valence-electron chi connectivity index (χ4n) is 2.77. The van der Waals surface area contributed by atoms with Crippen LogP contribution in [0.3, 0.4) is 0 Å². The van der Waals surface area contributed by atoms with Gasteiger partial charge in [0.2, 0.25) is 5.82 Å². The summed E-state index contributed by atoms with van der Waals surface area (Å²) in [5.41, 5.74) is 2.05. The summed E-state index contributed by atoms with van der Waals surface area (Å²) in [7, 11) is 1.33. The molecule has 142 valence electrons. The van der Waals surface area contributed by atoms with Crippen molar-refractivity contribution >= 4 is 0 Å². The number of ether oxygens (including phenoxy) is 1. The zero-order chi connectivity index (χ0) is 19.7. The minimum Gasteiger partial charge on any atom is -0.479 e. The number of rotatable bonds is 5. The second kappa shape index (κ2) is 7.18. The van der Waals surface area contributed by atoms with Crippen molar-refractivity contribution in [2.24, 2.45) is 0 Å². The van der Waals surface area contributed by atoms with Gasteiger partial charge in [-0.1, -0.05) is 23.4 Å². The van der Waals surface area contributed by atoms with E-state index in [0.717, 1.165) is 0 Å². The van der Waals surface area contributed by atoms with Gasteiger partial charge >= 0.3 is 0 Å². The van der Waals surface area contributed by atoms with Gasteiger partial charge in [0.1, 0.15) is 23.5 Å². The lowest BCUT2D eigenvalue weighted by Crippen LogP contribution is -2.06. The van der Waals surface area contributed by atoms with E-state index in [4.69, 9.17) is 9.26 Å². The molecule has 7 nitrogen and oxygen atoms in total. The summed E-state index contributed by atoms with van der Waals surface area (Å²) in [6.07, 6.45) is 1.43.